The second-order valence-corrected chi connectivity index (χ2v) is 7.21. The van der Waals surface area contributed by atoms with Gasteiger partial charge in [-0.1, -0.05) is 43.7 Å². The smallest absolute Gasteiger partial charge is 0.244 e. The predicted octanol–water partition coefficient (Wildman–Crippen LogP) is 4.05. The number of anilines is 1. The van der Waals surface area contributed by atoms with E-state index in [-0.39, 0.29) is 30.1 Å². The van der Waals surface area contributed by atoms with E-state index < -0.39 is 6.04 Å². The van der Waals surface area contributed by atoms with Gasteiger partial charge in [-0.3, -0.25) is 9.59 Å². The molecule has 3 rings (SSSR count). The van der Waals surface area contributed by atoms with Crippen molar-refractivity contribution in [1.29, 1.82) is 0 Å². The van der Waals surface area contributed by atoms with Gasteiger partial charge in [0.15, 0.2) is 0 Å². The van der Waals surface area contributed by atoms with Crippen molar-refractivity contribution in [2.45, 2.75) is 33.2 Å². The van der Waals surface area contributed by atoms with Gasteiger partial charge in [-0.25, -0.2) is 4.39 Å². The minimum atomic E-state index is -0.435. The van der Waals surface area contributed by atoms with E-state index in [1.54, 1.807) is 17.0 Å². The second-order valence-electron chi connectivity index (χ2n) is 7.21. The van der Waals surface area contributed by atoms with Crippen LogP contribution in [0.1, 0.15) is 43.0 Å². The van der Waals surface area contributed by atoms with Crippen LogP contribution in [-0.4, -0.2) is 23.3 Å². The lowest BCUT2D eigenvalue weighted by Crippen LogP contribution is -2.39. The third kappa shape index (κ3) is 3.77. The lowest BCUT2D eigenvalue weighted by Gasteiger charge is -2.31. The Morgan fingerprint density at radius 2 is 1.92 bits per heavy atom. The number of carbonyl (C=O) groups is 2. The average Bonchev–Trinajstić information content (AvgIpc) is 2.71. The van der Waals surface area contributed by atoms with Gasteiger partial charge in [0, 0.05) is 17.7 Å². The SMILES string of the molecule is Cc1ccc2c(c1)C(c1ccc(F)cc1)N(C(=O)CC(C)C)CC(=O)N2. The summed E-state index contributed by atoms with van der Waals surface area (Å²) in [6, 6.07) is 11.4. The van der Waals surface area contributed by atoms with Crippen LogP contribution in [0.4, 0.5) is 10.1 Å². The fourth-order valence-electron chi connectivity index (χ4n) is 3.33. The van der Waals surface area contributed by atoms with Crippen LogP contribution in [0.25, 0.3) is 0 Å². The summed E-state index contributed by atoms with van der Waals surface area (Å²) in [7, 11) is 0. The molecule has 1 aliphatic heterocycles. The van der Waals surface area contributed by atoms with Gasteiger partial charge in [-0.2, -0.15) is 0 Å². The van der Waals surface area contributed by atoms with E-state index in [9.17, 15) is 14.0 Å². The van der Waals surface area contributed by atoms with Crippen LogP contribution in [0, 0.1) is 18.7 Å². The van der Waals surface area contributed by atoms with Crippen molar-refractivity contribution in [3.63, 3.8) is 0 Å². The Morgan fingerprint density at radius 3 is 2.58 bits per heavy atom. The van der Waals surface area contributed by atoms with Crippen molar-refractivity contribution < 1.29 is 14.0 Å². The van der Waals surface area contributed by atoms with Crippen molar-refractivity contribution in [3.05, 3.63) is 65.0 Å². The second kappa shape index (κ2) is 7.28. The van der Waals surface area contributed by atoms with E-state index in [2.05, 4.69) is 5.32 Å². The highest BCUT2D eigenvalue weighted by Crippen LogP contribution is 2.37. The molecular weight excluding hydrogens is 331 g/mol. The van der Waals surface area contributed by atoms with Gasteiger partial charge in [0.05, 0.1) is 6.04 Å². The largest absolute Gasteiger partial charge is 0.324 e. The summed E-state index contributed by atoms with van der Waals surface area (Å²) < 4.78 is 13.4. The van der Waals surface area contributed by atoms with Crippen molar-refractivity contribution in [1.82, 2.24) is 4.90 Å². The van der Waals surface area contributed by atoms with Crippen LogP contribution < -0.4 is 5.32 Å². The van der Waals surface area contributed by atoms with E-state index in [0.29, 0.717) is 12.1 Å². The van der Waals surface area contributed by atoms with Gasteiger partial charge >= 0.3 is 0 Å². The number of carbonyl (C=O) groups excluding carboxylic acids is 2. The minimum absolute atomic E-state index is 0.0265. The first-order valence-electron chi connectivity index (χ1n) is 8.80. The first-order valence-corrected chi connectivity index (χ1v) is 8.80. The Balaban J connectivity index is 2.16. The van der Waals surface area contributed by atoms with Gasteiger partial charge < -0.3 is 10.2 Å². The topological polar surface area (TPSA) is 49.4 Å². The zero-order chi connectivity index (χ0) is 18.8. The Morgan fingerprint density at radius 1 is 1.23 bits per heavy atom. The molecule has 2 amide bonds. The maximum absolute atomic E-state index is 13.4. The first-order chi connectivity index (χ1) is 12.3. The van der Waals surface area contributed by atoms with Crippen LogP contribution in [-0.2, 0) is 9.59 Å². The third-order valence-corrected chi connectivity index (χ3v) is 4.49. The molecule has 1 heterocycles. The number of nitrogens with one attached hydrogen (secondary N) is 1. The first kappa shape index (κ1) is 18.1. The van der Waals surface area contributed by atoms with Crippen molar-refractivity contribution in [3.8, 4) is 0 Å². The summed E-state index contributed by atoms with van der Waals surface area (Å²) in [5.74, 6) is -0.462. The van der Waals surface area contributed by atoms with E-state index in [1.807, 2.05) is 39.0 Å². The molecule has 1 atom stereocenters. The summed E-state index contributed by atoms with van der Waals surface area (Å²) in [4.78, 5) is 26.9. The average molecular weight is 354 g/mol. The number of hydrogen-bond acceptors (Lipinski definition) is 2. The van der Waals surface area contributed by atoms with Crippen LogP contribution in [0.5, 0.6) is 0 Å². The van der Waals surface area contributed by atoms with Gasteiger partial charge in [0.2, 0.25) is 11.8 Å². The molecule has 2 aromatic carbocycles. The molecule has 1 aliphatic rings. The van der Waals surface area contributed by atoms with E-state index in [1.165, 1.54) is 12.1 Å². The lowest BCUT2D eigenvalue weighted by molar-refractivity contribution is -0.136. The zero-order valence-corrected chi connectivity index (χ0v) is 15.3. The molecule has 0 spiro atoms. The number of fused-ring (bicyclic) bond motifs is 1. The number of halogens is 1. The van der Waals surface area contributed by atoms with Gasteiger partial charge in [0.25, 0.3) is 0 Å². The molecule has 0 fully saturated rings. The van der Waals surface area contributed by atoms with Crippen molar-refractivity contribution >= 4 is 17.5 Å². The highest BCUT2D eigenvalue weighted by Gasteiger charge is 2.33. The molecule has 4 nitrogen and oxygen atoms in total. The van der Waals surface area contributed by atoms with Crippen LogP contribution in [0.3, 0.4) is 0 Å². The zero-order valence-electron chi connectivity index (χ0n) is 15.3. The van der Waals surface area contributed by atoms with Gasteiger partial charge in [-0.15, -0.1) is 0 Å². The summed E-state index contributed by atoms with van der Waals surface area (Å²) in [5, 5.41) is 2.89. The fraction of sp³-hybridized carbons (Fsp3) is 0.333. The monoisotopic (exact) mass is 354 g/mol. The summed E-state index contributed by atoms with van der Waals surface area (Å²) in [6.07, 6.45) is 0.353. The fourth-order valence-corrected chi connectivity index (χ4v) is 3.33. The molecule has 0 aromatic heterocycles. The minimum Gasteiger partial charge on any atom is -0.324 e. The summed E-state index contributed by atoms with van der Waals surface area (Å²) in [6.45, 7) is 5.89. The molecule has 1 N–H and O–H groups in total. The Labute approximate surface area is 153 Å². The molecule has 0 saturated heterocycles. The van der Waals surface area contributed by atoms with Crippen LogP contribution >= 0.6 is 0 Å². The quantitative estimate of drug-likeness (QED) is 0.904. The number of benzene rings is 2. The summed E-state index contributed by atoms with van der Waals surface area (Å²) >= 11 is 0. The Bertz CT molecular complexity index is 830. The highest BCUT2D eigenvalue weighted by molar-refractivity contribution is 5.97. The van der Waals surface area contributed by atoms with Crippen molar-refractivity contribution in [2.24, 2.45) is 5.92 Å². The predicted molar refractivity (Wildman–Crippen MR) is 99.2 cm³/mol. The number of hydrogen-bond donors (Lipinski definition) is 1. The number of aryl methyl sites for hydroxylation is 1. The number of nitrogens with zero attached hydrogens (tertiary/aromatic N) is 1. The molecule has 136 valence electrons. The number of amides is 2. The molecule has 1 unspecified atom stereocenters. The van der Waals surface area contributed by atoms with Gasteiger partial charge in [-0.05, 0) is 36.6 Å². The maximum atomic E-state index is 13.4. The number of rotatable bonds is 3. The molecule has 26 heavy (non-hydrogen) atoms. The Hall–Kier alpha value is -2.69. The maximum Gasteiger partial charge on any atom is 0.244 e. The molecule has 0 saturated carbocycles. The molecule has 0 radical (unpaired) electrons. The normalized spacial score (nSPS) is 16.9. The summed E-state index contributed by atoms with van der Waals surface area (Å²) in [5.41, 5.74) is 3.35. The van der Waals surface area contributed by atoms with Crippen LogP contribution in [0.15, 0.2) is 42.5 Å². The molecular formula is C21H23FN2O2. The molecule has 0 bridgehead atoms. The van der Waals surface area contributed by atoms with Crippen molar-refractivity contribution in [2.75, 3.05) is 11.9 Å². The van der Waals surface area contributed by atoms with E-state index in [4.69, 9.17) is 0 Å². The molecule has 0 aliphatic carbocycles. The third-order valence-electron chi connectivity index (χ3n) is 4.49. The highest BCUT2D eigenvalue weighted by atomic mass is 19.1. The van der Waals surface area contributed by atoms with E-state index >= 15 is 0 Å². The Kier molecular flexibility index (Phi) is 5.07. The van der Waals surface area contributed by atoms with E-state index in [0.717, 1.165) is 16.7 Å². The van der Waals surface area contributed by atoms with Crippen LogP contribution in [0.2, 0.25) is 0 Å². The molecule has 5 heteroatoms. The van der Waals surface area contributed by atoms with Gasteiger partial charge in [0.1, 0.15) is 12.4 Å². The lowest BCUT2D eigenvalue weighted by atomic mass is 9.94. The standard InChI is InChI=1S/C21H23FN2O2/c1-13(2)10-20(26)24-12-19(25)23-18-9-4-14(3)11-17(18)21(24)15-5-7-16(22)8-6-15/h4-9,11,13,21H,10,12H2,1-3H3,(H,23,25). The molecule has 2 aromatic rings.